The summed E-state index contributed by atoms with van der Waals surface area (Å²) in [5.41, 5.74) is 1.80. The molecule has 4 atom stereocenters. The van der Waals surface area contributed by atoms with Crippen LogP contribution in [-0.2, 0) is 11.3 Å². The highest BCUT2D eigenvalue weighted by molar-refractivity contribution is 5.87. The Labute approximate surface area is 159 Å². The van der Waals surface area contributed by atoms with E-state index in [0.29, 0.717) is 24.2 Å². The van der Waals surface area contributed by atoms with Gasteiger partial charge in [-0.05, 0) is 54.7 Å². The Morgan fingerprint density at radius 2 is 2.07 bits per heavy atom. The molecule has 1 heterocycles. The Balaban J connectivity index is 1.50. The van der Waals surface area contributed by atoms with Gasteiger partial charge in [0.15, 0.2) is 0 Å². The number of carbonyl (C=O) groups is 1. The highest BCUT2D eigenvalue weighted by atomic mass is 19.1. The second-order valence-electron chi connectivity index (χ2n) is 7.95. The largest absolute Gasteiger partial charge is 0.311 e. The number of carbonyl (C=O) groups excluding carboxylic acids is 1. The summed E-state index contributed by atoms with van der Waals surface area (Å²) in [5, 5.41) is 6.29. The van der Waals surface area contributed by atoms with E-state index in [-0.39, 0.29) is 17.8 Å². The normalized spacial score (nSPS) is 24.7. The fourth-order valence-electron chi connectivity index (χ4n) is 4.93. The molecule has 0 saturated heterocycles. The van der Waals surface area contributed by atoms with E-state index >= 15 is 0 Å². The van der Waals surface area contributed by atoms with Crippen LogP contribution in [0.2, 0.25) is 0 Å². The van der Waals surface area contributed by atoms with Crippen LogP contribution in [0.25, 0.3) is 0 Å². The first-order chi connectivity index (χ1) is 13.1. The Bertz CT molecular complexity index is 807. The predicted molar refractivity (Wildman–Crippen MR) is 103 cm³/mol. The second kappa shape index (κ2) is 7.77. The minimum atomic E-state index is -0.135. The minimum Gasteiger partial charge on any atom is -0.311 e. The van der Waals surface area contributed by atoms with E-state index < -0.39 is 0 Å². The number of fused-ring (bicyclic) bond motifs is 2. The molecule has 4 nitrogen and oxygen atoms in total. The number of hydrogen-bond acceptors (Lipinski definition) is 3. The minimum absolute atomic E-state index is 0.0246. The molecule has 1 amide bonds. The average Bonchev–Trinajstić information content (AvgIpc) is 3.28. The van der Waals surface area contributed by atoms with Crippen LogP contribution < -0.4 is 10.6 Å². The van der Waals surface area contributed by atoms with Crippen LogP contribution in [0, 0.1) is 23.6 Å². The van der Waals surface area contributed by atoms with E-state index in [1.807, 2.05) is 18.2 Å². The van der Waals surface area contributed by atoms with Crippen molar-refractivity contribution >= 4 is 11.7 Å². The molecule has 2 bridgehead atoms. The van der Waals surface area contributed by atoms with E-state index in [4.69, 9.17) is 0 Å². The van der Waals surface area contributed by atoms with Crippen molar-refractivity contribution < 1.29 is 9.18 Å². The zero-order valence-corrected chi connectivity index (χ0v) is 15.6. The van der Waals surface area contributed by atoms with Crippen LogP contribution in [0.15, 0.2) is 42.6 Å². The van der Waals surface area contributed by atoms with Gasteiger partial charge in [-0.3, -0.25) is 4.79 Å². The number of amides is 1. The molecular weight excluding hydrogens is 341 g/mol. The van der Waals surface area contributed by atoms with Gasteiger partial charge in [-0.25, -0.2) is 9.37 Å². The number of benzene rings is 1. The van der Waals surface area contributed by atoms with Crippen molar-refractivity contribution in [2.45, 2.75) is 45.2 Å². The molecule has 2 fully saturated rings. The lowest BCUT2D eigenvalue weighted by molar-refractivity contribution is -0.114. The molecule has 1 aromatic carbocycles. The topological polar surface area (TPSA) is 54.0 Å². The van der Waals surface area contributed by atoms with E-state index in [9.17, 15) is 9.18 Å². The van der Waals surface area contributed by atoms with Crippen molar-refractivity contribution in [1.29, 1.82) is 0 Å². The zero-order valence-electron chi connectivity index (χ0n) is 15.6. The maximum atomic E-state index is 14.5. The van der Waals surface area contributed by atoms with Crippen LogP contribution in [-0.4, -0.2) is 10.9 Å². The van der Waals surface area contributed by atoms with Crippen LogP contribution >= 0.6 is 0 Å². The summed E-state index contributed by atoms with van der Waals surface area (Å²) in [7, 11) is 0. The number of hydrogen-bond donors (Lipinski definition) is 2. The molecule has 5 heteroatoms. The number of anilines is 1. The predicted octanol–water partition coefficient (Wildman–Crippen LogP) is 4.45. The molecule has 2 aliphatic carbocycles. The van der Waals surface area contributed by atoms with Crippen molar-refractivity contribution in [3.63, 3.8) is 0 Å². The third-order valence-electron chi connectivity index (χ3n) is 6.12. The van der Waals surface area contributed by atoms with Gasteiger partial charge in [-0.15, -0.1) is 0 Å². The second-order valence-corrected chi connectivity index (χ2v) is 7.95. The Morgan fingerprint density at radius 3 is 2.70 bits per heavy atom. The molecule has 2 N–H and O–H groups in total. The molecule has 0 aliphatic heterocycles. The van der Waals surface area contributed by atoms with Crippen molar-refractivity contribution in [3.05, 3.63) is 59.5 Å². The molecule has 27 heavy (non-hydrogen) atoms. The summed E-state index contributed by atoms with van der Waals surface area (Å²) < 4.78 is 14.5. The Hall–Kier alpha value is -2.27. The van der Waals surface area contributed by atoms with Crippen molar-refractivity contribution in [2.75, 3.05) is 5.32 Å². The van der Waals surface area contributed by atoms with E-state index in [1.54, 1.807) is 24.4 Å². The monoisotopic (exact) mass is 367 g/mol. The molecule has 2 saturated carbocycles. The average molecular weight is 367 g/mol. The fraction of sp³-hybridized carbons (Fsp3) is 0.455. The van der Waals surface area contributed by atoms with Gasteiger partial charge >= 0.3 is 0 Å². The lowest BCUT2D eigenvalue weighted by Crippen LogP contribution is -2.32. The van der Waals surface area contributed by atoms with Gasteiger partial charge in [0.1, 0.15) is 11.6 Å². The lowest BCUT2D eigenvalue weighted by atomic mass is 9.80. The number of halogens is 1. The molecule has 1 aromatic heterocycles. The van der Waals surface area contributed by atoms with Crippen LogP contribution in [0.3, 0.4) is 0 Å². The van der Waals surface area contributed by atoms with Gasteiger partial charge in [0.2, 0.25) is 5.91 Å². The third-order valence-corrected chi connectivity index (χ3v) is 6.12. The molecular formula is C22H26FN3O. The molecule has 142 valence electrons. The van der Waals surface area contributed by atoms with Gasteiger partial charge in [0.05, 0.1) is 0 Å². The molecule has 2 aromatic rings. The first-order valence-electron chi connectivity index (χ1n) is 9.80. The van der Waals surface area contributed by atoms with Gasteiger partial charge in [0, 0.05) is 31.3 Å². The van der Waals surface area contributed by atoms with Gasteiger partial charge < -0.3 is 10.6 Å². The molecule has 4 rings (SSSR count). The standard InChI is InChI=1S/C22H26FN3O/c1-14(27)26-21-9-7-16(12-24-21)13-25-22(18-4-2-3-5-20(18)23)19-11-15-6-8-17(19)10-15/h2-5,7,9,12,15,17,19,22,25H,6,8,10-11,13H2,1H3,(H,24,26,27). The quantitative estimate of drug-likeness (QED) is 0.793. The summed E-state index contributed by atoms with van der Waals surface area (Å²) in [6, 6.07) is 10.9. The maximum absolute atomic E-state index is 14.5. The van der Waals surface area contributed by atoms with Gasteiger partial charge in [-0.2, -0.15) is 0 Å². The summed E-state index contributed by atoms with van der Waals surface area (Å²) in [5.74, 6) is 2.29. The number of aromatic nitrogens is 1. The number of rotatable bonds is 6. The zero-order chi connectivity index (χ0) is 18.8. The van der Waals surface area contributed by atoms with E-state index in [2.05, 4.69) is 15.6 Å². The molecule has 0 radical (unpaired) electrons. The number of nitrogens with one attached hydrogen (secondary N) is 2. The highest BCUT2D eigenvalue weighted by Gasteiger charge is 2.43. The van der Waals surface area contributed by atoms with Gasteiger partial charge in [-0.1, -0.05) is 30.7 Å². The van der Waals surface area contributed by atoms with Crippen LogP contribution in [0.1, 0.15) is 49.8 Å². The summed E-state index contributed by atoms with van der Waals surface area (Å²) in [6.07, 6.45) is 6.85. The van der Waals surface area contributed by atoms with E-state index in [1.165, 1.54) is 32.6 Å². The Morgan fingerprint density at radius 1 is 1.22 bits per heavy atom. The summed E-state index contributed by atoms with van der Waals surface area (Å²) in [4.78, 5) is 15.4. The molecule has 0 spiro atoms. The van der Waals surface area contributed by atoms with Crippen molar-refractivity contribution in [2.24, 2.45) is 17.8 Å². The summed E-state index contributed by atoms with van der Waals surface area (Å²) in [6.45, 7) is 2.09. The first-order valence-corrected chi connectivity index (χ1v) is 9.80. The van der Waals surface area contributed by atoms with E-state index in [0.717, 1.165) is 17.0 Å². The highest BCUT2D eigenvalue weighted by Crippen LogP contribution is 2.52. The third kappa shape index (κ3) is 4.03. The number of nitrogens with zero attached hydrogens (tertiary/aromatic N) is 1. The maximum Gasteiger partial charge on any atom is 0.222 e. The van der Waals surface area contributed by atoms with Crippen LogP contribution in [0.5, 0.6) is 0 Å². The van der Waals surface area contributed by atoms with Crippen molar-refractivity contribution in [1.82, 2.24) is 10.3 Å². The van der Waals surface area contributed by atoms with Crippen molar-refractivity contribution in [3.8, 4) is 0 Å². The number of pyridine rings is 1. The van der Waals surface area contributed by atoms with Gasteiger partial charge in [0.25, 0.3) is 0 Å². The lowest BCUT2D eigenvalue weighted by Gasteiger charge is -2.32. The molecule has 2 aliphatic rings. The SMILES string of the molecule is CC(=O)Nc1ccc(CNC(c2ccccc2F)C2CC3CCC2C3)cn1. The fourth-order valence-corrected chi connectivity index (χ4v) is 4.93. The van der Waals surface area contributed by atoms with Crippen LogP contribution in [0.4, 0.5) is 10.2 Å². The molecule has 4 unspecified atom stereocenters. The summed E-state index contributed by atoms with van der Waals surface area (Å²) >= 11 is 0. The Kier molecular flexibility index (Phi) is 5.21. The smallest absolute Gasteiger partial charge is 0.222 e. The first kappa shape index (κ1) is 18.1.